The molecule has 0 amide bonds. The van der Waals surface area contributed by atoms with E-state index in [-0.39, 0.29) is 0 Å². The van der Waals surface area contributed by atoms with Gasteiger partial charge in [-0.1, -0.05) is 55.5 Å². The maximum atomic E-state index is 5.43. The molecule has 0 saturated carbocycles. The first-order chi connectivity index (χ1) is 15.3. The fourth-order valence-electron chi connectivity index (χ4n) is 4.16. The molecular formula is C26H28N4O. The summed E-state index contributed by atoms with van der Waals surface area (Å²) in [5.74, 6) is 0. The van der Waals surface area contributed by atoms with Gasteiger partial charge >= 0.3 is 0 Å². The Labute approximate surface area is 183 Å². The standard InChI is InChI=1S/C26H28N4O/c1-2-20-4-3-5-23(16-20)25-18-28-30-19-24(17-27-26(25)30)22-8-6-21(7-9-22)10-11-29-12-14-31-15-13-29/h3-9,16-19H,2,10-15H2,1H3. The van der Waals surface area contributed by atoms with Crippen LogP contribution in [0.5, 0.6) is 0 Å². The number of nitrogens with zero attached hydrogens (tertiary/aromatic N) is 4. The molecule has 1 aliphatic rings. The van der Waals surface area contributed by atoms with Gasteiger partial charge < -0.3 is 4.74 Å². The van der Waals surface area contributed by atoms with Crippen LogP contribution in [0.25, 0.3) is 27.9 Å². The highest BCUT2D eigenvalue weighted by atomic mass is 16.5. The van der Waals surface area contributed by atoms with Crippen molar-refractivity contribution in [2.45, 2.75) is 19.8 Å². The van der Waals surface area contributed by atoms with Crippen molar-refractivity contribution in [1.82, 2.24) is 19.5 Å². The predicted molar refractivity (Wildman–Crippen MR) is 124 cm³/mol. The molecule has 5 rings (SSSR count). The molecule has 1 fully saturated rings. The molecule has 2 aromatic carbocycles. The molecule has 1 aliphatic heterocycles. The van der Waals surface area contributed by atoms with E-state index in [2.05, 4.69) is 71.7 Å². The summed E-state index contributed by atoms with van der Waals surface area (Å²) in [6.45, 7) is 7.05. The molecule has 5 nitrogen and oxygen atoms in total. The van der Waals surface area contributed by atoms with Crippen molar-refractivity contribution in [3.8, 4) is 22.3 Å². The van der Waals surface area contributed by atoms with Crippen LogP contribution in [0.15, 0.2) is 67.1 Å². The fourth-order valence-corrected chi connectivity index (χ4v) is 4.16. The van der Waals surface area contributed by atoms with Crippen molar-refractivity contribution in [3.05, 3.63) is 78.2 Å². The van der Waals surface area contributed by atoms with Crippen molar-refractivity contribution < 1.29 is 4.74 Å². The third-order valence-corrected chi connectivity index (χ3v) is 6.11. The number of benzene rings is 2. The lowest BCUT2D eigenvalue weighted by Gasteiger charge is -2.26. The van der Waals surface area contributed by atoms with Crippen molar-refractivity contribution in [2.75, 3.05) is 32.8 Å². The number of aryl methyl sites for hydroxylation is 1. The lowest BCUT2D eigenvalue weighted by molar-refractivity contribution is 0.0384. The second-order valence-corrected chi connectivity index (χ2v) is 8.12. The van der Waals surface area contributed by atoms with Crippen LogP contribution in [-0.4, -0.2) is 52.3 Å². The van der Waals surface area contributed by atoms with Gasteiger partial charge in [-0.3, -0.25) is 4.90 Å². The zero-order chi connectivity index (χ0) is 21.0. The van der Waals surface area contributed by atoms with E-state index in [1.165, 1.54) is 16.7 Å². The van der Waals surface area contributed by atoms with E-state index in [9.17, 15) is 0 Å². The quantitative estimate of drug-likeness (QED) is 0.468. The molecule has 0 N–H and O–H groups in total. The third kappa shape index (κ3) is 4.38. The zero-order valence-electron chi connectivity index (χ0n) is 18.0. The normalized spacial score (nSPS) is 14.9. The van der Waals surface area contributed by atoms with Crippen LogP contribution in [0.2, 0.25) is 0 Å². The average molecular weight is 413 g/mol. The second kappa shape index (κ2) is 9.00. The SMILES string of the molecule is CCc1cccc(-c2cnn3cc(-c4ccc(CCN5CCOCC5)cc4)cnc23)c1. The van der Waals surface area contributed by atoms with Crippen molar-refractivity contribution in [3.63, 3.8) is 0 Å². The van der Waals surface area contributed by atoms with Gasteiger partial charge in [0.2, 0.25) is 0 Å². The van der Waals surface area contributed by atoms with Crippen LogP contribution in [0.4, 0.5) is 0 Å². The highest BCUT2D eigenvalue weighted by Gasteiger charge is 2.11. The largest absolute Gasteiger partial charge is 0.379 e. The Hall–Kier alpha value is -3.02. The molecule has 3 heterocycles. The molecule has 5 heteroatoms. The van der Waals surface area contributed by atoms with Crippen LogP contribution >= 0.6 is 0 Å². The summed E-state index contributed by atoms with van der Waals surface area (Å²) in [6.07, 6.45) is 8.02. The molecule has 0 aliphatic carbocycles. The fraction of sp³-hybridized carbons (Fsp3) is 0.308. The van der Waals surface area contributed by atoms with E-state index in [1.54, 1.807) is 0 Å². The number of aromatic nitrogens is 3. The average Bonchev–Trinajstić information content (AvgIpc) is 3.27. The summed E-state index contributed by atoms with van der Waals surface area (Å²) in [5.41, 5.74) is 8.04. The van der Waals surface area contributed by atoms with E-state index in [4.69, 9.17) is 9.72 Å². The van der Waals surface area contributed by atoms with Crippen LogP contribution < -0.4 is 0 Å². The predicted octanol–water partition coefficient (Wildman–Crippen LogP) is 4.50. The Morgan fingerprint density at radius 3 is 2.55 bits per heavy atom. The number of fused-ring (bicyclic) bond motifs is 1. The number of ether oxygens (including phenoxy) is 1. The Kier molecular flexibility index (Phi) is 5.78. The minimum Gasteiger partial charge on any atom is -0.379 e. The Morgan fingerprint density at radius 1 is 0.903 bits per heavy atom. The summed E-state index contributed by atoms with van der Waals surface area (Å²) in [4.78, 5) is 7.22. The zero-order valence-corrected chi connectivity index (χ0v) is 18.0. The maximum absolute atomic E-state index is 5.43. The first-order valence-electron chi connectivity index (χ1n) is 11.1. The molecule has 0 atom stereocenters. The van der Waals surface area contributed by atoms with E-state index < -0.39 is 0 Å². The summed E-state index contributed by atoms with van der Waals surface area (Å²) in [7, 11) is 0. The molecule has 0 bridgehead atoms. The molecule has 31 heavy (non-hydrogen) atoms. The van der Waals surface area contributed by atoms with Gasteiger partial charge in [0.1, 0.15) is 0 Å². The van der Waals surface area contributed by atoms with E-state index >= 15 is 0 Å². The van der Waals surface area contributed by atoms with Gasteiger partial charge in [0.05, 0.1) is 19.4 Å². The minimum atomic E-state index is 0.855. The summed E-state index contributed by atoms with van der Waals surface area (Å²) >= 11 is 0. The molecule has 0 unspecified atom stereocenters. The third-order valence-electron chi connectivity index (χ3n) is 6.11. The first-order valence-corrected chi connectivity index (χ1v) is 11.1. The molecule has 158 valence electrons. The van der Waals surface area contributed by atoms with Gasteiger partial charge in [-0.05, 0) is 35.1 Å². The summed E-state index contributed by atoms with van der Waals surface area (Å²) in [6, 6.07) is 17.4. The summed E-state index contributed by atoms with van der Waals surface area (Å²) < 4.78 is 7.31. The van der Waals surface area contributed by atoms with Gasteiger partial charge in [0.15, 0.2) is 5.65 Å². The molecule has 1 saturated heterocycles. The van der Waals surface area contributed by atoms with Crippen molar-refractivity contribution in [1.29, 1.82) is 0 Å². The Morgan fingerprint density at radius 2 is 1.74 bits per heavy atom. The monoisotopic (exact) mass is 412 g/mol. The minimum absolute atomic E-state index is 0.855. The van der Waals surface area contributed by atoms with E-state index in [0.717, 1.165) is 68.0 Å². The van der Waals surface area contributed by atoms with Gasteiger partial charge in [-0.15, -0.1) is 0 Å². The molecule has 2 aromatic heterocycles. The van der Waals surface area contributed by atoms with Crippen LogP contribution in [0.1, 0.15) is 18.1 Å². The van der Waals surface area contributed by atoms with Crippen molar-refractivity contribution in [2.24, 2.45) is 0 Å². The van der Waals surface area contributed by atoms with Crippen LogP contribution in [-0.2, 0) is 17.6 Å². The van der Waals surface area contributed by atoms with E-state index in [0.29, 0.717) is 0 Å². The smallest absolute Gasteiger partial charge is 0.162 e. The number of hydrogen-bond donors (Lipinski definition) is 0. The van der Waals surface area contributed by atoms with Gasteiger partial charge in [0, 0.05) is 43.2 Å². The number of morpholine rings is 1. The van der Waals surface area contributed by atoms with Gasteiger partial charge in [0.25, 0.3) is 0 Å². The first kappa shape index (κ1) is 19.9. The summed E-state index contributed by atoms with van der Waals surface area (Å²) in [5, 5.41) is 4.57. The van der Waals surface area contributed by atoms with Crippen LogP contribution in [0.3, 0.4) is 0 Å². The lowest BCUT2D eigenvalue weighted by atomic mass is 10.0. The molecule has 0 spiro atoms. The second-order valence-electron chi connectivity index (χ2n) is 8.12. The van der Waals surface area contributed by atoms with E-state index in [1.807, 2.05) is 16.9 Å². The van der Waals surface area contributed by atoms with Gasteiger partial charge in [-0.2, -0.15) is 5.10 Å². The number of rotatable bonds is 6. The Balaban J connectivity index is 1.33. The highest BCUT2D eigenvalue weighted by Crippen LogP contribution is 2.26. The maximum Gasteiger partial charge on any atom is 0.162 e. The molecule has 4 aromatic rings. The highest BCUT2D eigenvalue weighted by molar-refractivity contribution is 5.78. The van der Waals surface area contributed by atoms with Crippen LogP contribution in [0, 0.1) is 0 Å². The van der Waals surface area contributed by atoms with Crippen molar-refractivity contribution >= 4 is 5.65 Å². The lowest BCUT2D eigenvalue weighted by Crippen LogP contribution is -2.37. The Bertz CT molecular complexity index is 1160. The molecule has 0 radical (unpaired) electrons. The van der Waals surface area contributed by atoms with Gasteiger partial charge in [-0.25, -0.2) is 9.50 Å². The molecular weight excluding hydrogens is 384 g/mol. The topological polar surface area (TPSA) is 42.7 Å². The number of hydrogen-bond acceptors (Lipinski definition) is 4.